The minimum absolute atomic E-state index is 0.140. The number of carbonyl (C=O) groups excluding carboxylic acids is 1. The van der Waals surface area contributed by atoms with Crippen LogP contribution in [0.2, 0.25) is 0 Å². The van der Waals surface area contributed by atoms with E-state index in [0.717, 1.165) is 26.0 Å². The van der Waals surface area contributed by atoms with E-state index < -0.39 is 0 Å². The second kappa shape index (κ2) is 9.98. The molecule has 1 amide bonds. The second-order valence-electron chi connectivity index (χ2n) is 6.06. The normalized spacial score (nSPS) is 10.8. The Bertz CT molecular complexity index is 960. The lowest BCUT2D eigenvalue weighted by atomic mass is 10.1. The topological polar surface area (TPSA) is 50.7 Å². The van der Waals surface area contributed by atoms with E-state index in [2.05, 4.69) is 33.1 Å². The Labute approximate surface area is 176 Å². The van der Waals surface area contributed by atoms with Crippen LogP contribution in [0.3, 0.4) is 0 Å². The van der Waals surface area contributed by atoms with Crippen molar-refractivity contribution in [3.8, 4) is 5.75 Å². The van der Waals surface area contributed by atoms with Gasteiger partial charge in [-0.1, -0.05) is 42.5 Å². The fourth-order valence-electron chi connectivity index (χ4n) is 2.46. The Morgan fingerprint density at radius 3 is 2.50 bits per heavy atom. The molecule has 6 heteroatoms. The Morgan fingerprint density at radius 1 is 1.04 bits per heavy atom. The Hall–Kier alpha value is -2.74. The molecule has 3 aromatic rings. The summed E-state index contributed by atoms with van der Waals surface area (Å²) < 4.78 is 19.7. The van der Waals surface area contributed by atoms with Crippen LogP contribution < -0.4 is 10.2 Å². The van der Waals surface area contributed by atoms with E-state index in [1.165, 1.54) is 12.1 Å². The zero-order valence-corrected chi connectivity index (χ0v) is 17.1. The maximum absolute atomic E-state index is 12.9. The van der Waals surface area contributed by atoms with E-state index in [-0.39, 0.29) is 18.1 Å². The number of halogens is 2. The van der Waals surface area contributed by atoms with Crippen LogP contribution in [-0.4, -0.2) is 12.1 Å². The van der Waals surface area contributed by atoms with Crippen LogP contribution in [0.1, 0.15) is 16.7 Å². The third kappa shape index (κ3) is 6.16. The molecule has 0 atom stereocenters. The van der Waals surface area contributed by atoms with Gasteiger partial charge in [0.2, 0.25) is 5.91 Å². The van der Waals surface area contributed by atoms with E-state index in [4.69, 9.17) is 4.74 Å². The van der Waals surface area contributed by atoms with Gasteiger partial charge in [0.15, 0.2) is 0 Å². The number of benzene rings is 3. The van der Waals surface area contributed by atoms with Crippen LogP contribution >= 0.6 is 22.6 Å². The van der Waals surface area contributed by atoms with Crippen molar-refractivity contribution in [3.05, 3.63) is 98.9 Å². The average Bonchev–Trinajstić information content (AvgIpc) is 2.70. The lowest BCUT2D eigenvalue weighted by Crippen LogP contribution is -2.19. The first-order chi connectivity index (χ1) is 13.6. The van der Waals surface area contributed by atoms with Crippen LogP contribution in [0.5, 0.6) is 5.75 Å². The average molecular weight is 488 g/mol. The zero-order chi connectivity index (χ0) is 19.8. The summed E-state index contributed by atoms with van der Waals surface area (Å²) in [6.45, 7) is 0.504. The molecule has 0 bridgehead atoms. The van der Waals surface area contributed by atoms with Gasteiger partial charge in [0.25, 0.3) is 0 Å². The molecule has 0 aromatic heterocycles. The number of nitrogens with one attached hydrogen (secondary N) is 1. The van der Waals surface area contributed by atoms with Crippen molar-refractivity contribution in [1.82, 2.24) is 5.43 Å². The van der Waals surface area contributed by atoms with Gasteiger partial charge in [-0.15, -0.1) is 0 Å². The monoisotopic (exact) mass is 488 g/mol. The molecule has 0 radical (unpaired) electrons. The van der Waals surface area contributed by atoms with E-state index in [9.17, 15) is 9.18 Å². The number of carbonyl (C=O) groups is 1. The minimum atomic E-state index is -0.326. The van der Waals surface area contributed by atoms with Gasteiger partial charge in [0.05, 0.1) is 16.2 Å². The van der Waals surface area contributed by atoms with Gasteiger partial charge >= 0.3 is 0 Å². The molecule has 28 heavy (non-hydrogen) atoms. The number of rotatable bonds is 7. The number of hydrogen-bond acceptors (Lipinski definition) is 3. The van der Waals surface area contributed by atoms with Gasteiger partial charge in [0.1, 0.15) is 18.2 Å². The quantitative estimate of drug-likeness (QED) is 0.298. The standard InChI is InChI=1S/C22H18FIN2O2/c23-19-9-6-16(7-10-19)13-22(27)26-25-14-18-8-11-21(20(24)12-18)28-15-17-4-2-1-3-5-17/h1-12,14H,13,15H2,(H,26,27)/b25-14+. The van der Waals surface area contributed by atoms with Crippen LogP contribution in [0, 0.1) is 9.39 Å². The number of hydrogen-bond donors (Lipinski definition) is 1. The molecule has 0 saturated heterocycles. The predicted octanol–water partition coefficient (Wildman–Crippen LogP) is 4.70. The smallest absolute Gasteiger partial charge is 0.244 e. The maximum atomic E-state index is 12.9. The maximum Gasteiger partial charge on any atom is 0.244 e. The zero-order valence-electron chi connectivity index (χ0n) is 14.9. The SMILES string of the molecule is O=C(Cc1ccc(F)cc1)N/N=C/c1ccc(OCc2ccccc2)c(I)c1. The molecule has 0 unspecified atom stereocenters. The molecule has 0 saturated carbocycles. The highest BCUT2D eigenvalue weighted by Gasteiger charge is 2.04. The fraction of sp³-hybridized carbons (Fsp3) is 0.0909. The van der Waals surface area contributed by atoms with Crippen molar-refractivity contribution in [3.63, 3.8) is 0 Å². The van der Waals surface area contributed by atoms with Crippen molar-refractivity contribution >= 4 is 34.7 Å². The third-order valence-corrected chi connectivity index (χ3v) is 4.72. The largest absolute Gasteiger partial charge is 0.488 e. The van der Waals surface area contributed by atoms with Crippen LogP contribution in [0.15, 0.2) is 77.9 Å². The minimum Gasteiger partial charge on any atom is -0.488 e. The van der Waals surface area contributed by atoms with Crippen molar-refractivity contribution < 1.29 is 13.9 Å². The van der Waals surface area contributed by atoms with E-state index in [1.807, 2.05) is 48.5 Å². The molecule has 0 aliphatic carbocycles. The summed E-state index contributed by atoms with van der Waals surface area (Å²) >= 11 is 2.21. The first kappa shape index (κ1) is 20.0. The summed E-state index contributed by atoms with van der Waals surface area (Å²) in [5, 5.41) is 3.98. The Balaban J connectivity index is 1.51. The third-order valence-electron chi connectivity index (χ3n) is 3.87. The highest BCUT2D eigenvalue weighted by Crippen LogP contribution is 2.22. The second-order valence-corrected chi connectivity index (χ2v) is 7.22. The van der Waals surface area contributed by atoms with Gasteiger partial charge in [0, 0.05) is 0 Å². The summed E-state index contributed by atoms with van der Waals surface area (Å²) in [6.07, 6.45) is 1.72. The van der Waals surface area contributed by atoms with Crippen molar-refractivity contribution in [2.75, 3.05) is 0 Å². The first-order valence-corrected chi connectivity index (χ1v) is 9.70. The molecule has 3 aromatic carbocycles. The van der Waals surface area contributed by atoms with Gasteiger partial charge < -0.3 is 4.74 Å². The van der Waals surface area contributed by atoms with Gasteiger partial charge in [-0.3, -0.25) is 4.79 Å². The Morgan fingerprint density at radius 2 is 1.79 bits per heavy atom. The van der Waals surface area contributed by atoms with Crippen LogP contribution in [0.25, 0.3) is 0 Å². The fourth-order valence-corrected chi connectivity index (χ4v) is 3.15. The first-order valence-electron chi connectivity index (χ1n) is 8.63. The lowest BCUT2D eigenvalue weighted by molar-refractivity contribution is -0.120. The summed E-state index contributed by atoms with van der Waals surface area (Å²) in [5.41, 5.74) is 5.15. The van der Waals surface area contributed by atoms with Crippen LogP contribution in [0.4, 0.5) is 4.39 Å². The molecule has 0 spiro atoms. The van der Waals surface area contributed by atoms with E-state index in [0.29, 0.717) is 6.61 Å². The van der Waals surface area contributed by atoms with Crippen LogP contribution in [-0.2, 0) is 17.8 Å². The molecule has 0 fully saturated rings. The molecular weight excluding hydrogens is 470 g/mol. The number of amides is 1. The van der Waals surface area contributed by atoms with Gasteiger partial charge in [-0.25, -0.2) is 9.82 Å². The molecular formula is C22H18FIN2O2. The molecule has 142 valence electrons. The summed E-state index contributed by atoms with van der Waals surface area (Å²) in [4.78, 5) is 11.9. The highest BCUT2D eigenvalue weighted by molar-refractivity contribution is 14.1. The predicted molar refractivity (Wildman–Crippen MR) is 116 cm³/mol. The molecule has 3 rings (SSSR count). The summed E-state index contributed by atoms with van der Waals surface area (Å²) in [5.74, 6) is 0.204. The van der Waals surface area contributed by atoms with Crippen molar-refractivity contribution in [2.24, 2.45) is 5.10 Å². The van der Waals surface area contributed by atoms with Gasteiger partial charge in [-0.2, -0.15) is 5.10 Å². The molecule has 0 aliphatic heterocycles. The highest BCUT2D eigenvalue weighted by atomic mass is 127. The lowest BCUT2D eigenvalue weighted by Gasteiger charge is -2.09. The molecule has 0 aliphatic rings. The molecule has 1 N–H and O–H groups in total. The number of ether oxygens (including phenoxy) is 1. The summed E-state index contributed by atoms with van der Waals surface area (Å²) in [6, 6.07) is 21.5. The molecule has 0 heterocycles. The molecule has 4 nitrogen and oxygen atoms in total. The number of hydrazone groups is 1. The number of nitrogens with zero attached hydrogens (tertiary/aromatic N) is 1. The van der Waals surface area contributed by atoms with E-state index >= 15 is 0 Å². The Kier molecular flexibility index (Phi) is 7.13. The van der Waals surface area contributed by atoms with Crippen molar-refractivity contribution in [2.45, 2.75) is 13.0 Å². The van der Waals surface area contributed by atoms with E-state index in [1.54, 1.807) is 18.3 Å². The van der Waals surface area contributed by atoms with Gasteiger partial charge in [-0.05, 0) is 69.6 Å². The van der Waals surface area contributed by atoms with Crippen molar-refractivity contribution in [1.29, 1.82) is 0 Å². The summed E-state index contributed by atoms with van der Waals surface area (Å²) in [7, 11) is 0.